The highest BCUT2D eigenvalue weighted by molar-refractivity contribution is 5.49. The molecular formula is C23H28N2O. The van der Waals surface area contributed by atoms with Gasteiger partial charge in [0.15, 0.2) is 0 Å². The number of aryl methyl sites for hydroxylation is 1. The van der Waals surface area contributed by atoms with Crippen molar-refractivity contribution in [1.29, 1.82) is 0 Å². The number of rotatable bonds is 4. The third-order valence-electron chi connectivity index (χ3n) is 6.74. The van der Waals surface area contributed by atoms with Crippen LogP contribution < -0.4 is 9.64 Å². The molecule has 0 radical (unpaired) electrons. The van der Waals surface area contributed by atoms with E-state index in [-0.39, 0.29) is 0 Å². The Morgan fingerprint density at radius 1 is 0.962 bits per heavy atom. The molecule has 4 aliphatic rings. The van der Waals surface area contributed by atoms with E-state index >= 15 is 0 Å². The maximum Gasteiger partial charge on any atom is 0.119 e. The third kappa shape index (κ3) is 2.79. The third-order valence-corrected chi connectivity index (χ3v) is 6.74. The van der Waals surface area contributed by atoms with Gasteiger partial charge in [0, 0.05) is 37.4 Å². The predicted molar refractivity (Wildman–Crippen MR) is 106 cm³/mol. The van der Waals surface area contributed by atoms with Crippen LogP contribution in [-0.2, 0) is 6.42 Å². The van der Waals surface area contributed by atoms with Crippen LogP contribution in [0.5, 0.6) is 5.75 Å². The number of hydrogen-bond donors (Lipinski definition) is 0. The number of piperazine rings is 1. The van der Waals surface area contributed by atoms with E-state index in [1.165, 1.54) is 62.1 Å². The second-order valence-corrected chi connectivity index (χ2v) is 8.13. The molecule has 3 aliphatic heterocycles. The zero-order valence-corrected chi connectivity index (χ0v) is 15.6. The van der Waals surface area contributed by atoms with E-state index in [9.17, 15) is 0 Å². The van der Waals surface area contributed by atoms with E-state index in [1.807, 2.05) is 0 Å². The molecule has 136 valence electrons. The zero-order chi connectivity index (χ0) is 17.5. The van der Waals surface area contributed by atoms with E-state index in [0.717, 1.165) is 5.75 Å². The summed E-state index contributed by atoms with van der Waals surface area (Å²) in [6, 6.07) is 19.0. The fourth-order valence-electron chi connectivity index (χ4n) is 5.34. The summed E-state index contributed by atoms with van der Waals surface area (Å²) >= 11 is 0. The quantitative estimate of drug-likeness (QED) is 0.828. The number of methoxy groups -OCH3 is 1. The van der Waals surface area contributed by atoms with Gasteiger partial charge in [0.05, 0.1) is 7.11 Å². The Bertz CT molecular complexity index is 775. The average molecular weight is 348 g/mol. The molecule has 3 atom stereocenters. The lowest BCUT2D eigenvalue weighted by Gasteiger charge is -2.53. The lowest BCUT2D eigenvalue weighted by atomic mass is 9.88. The largest absolute Gasteiger partial charge is 0.497 e. The van der Waals surface area contributed by atoms with Crippen molar-refractivity contribution in [1.82, 2.24) is 4.90 Å². The van der Waals surface area contributed by atoms with Crippen molar-refractivity contribution in [3.8, 4) is 5.75 Å². The molecule has 3 heteroatoms. The smallest absolute Gasteiger partial charge is 0.119 e. The van der Waals surface area contributed by atoms with Gasteiger partial charge in [0.25, 0.3) is 0 Å². The summed E-state index contributed by atoms with van der Waals surface area (Å²) in [5, 5.41) is 0. The van der Waals surface area contributed by atoms with Crippen molar-refractivity contribution < 1.29 is 4.74 Å². The van der Waals surface area contributed by atoms with Crippen molar-refractivity contribution in [3.63, 3.8) is 0 Å². The highest BCUT2D eigenvalue weighted by atomic mass is 16.5. The van der Waals surface area contributed by atoms with Crippen LogP contribution >= 0.6 is 0 Å². The molecule has 3 saturated heterocycles. The van der Waals surface area contributed by atoms with E-state index in [1.54, 1.807) is 7.11 Å². The first-order chi connectivity index (χ1) is 12.8. The van der Waals surface area contributed by atoms with Crippen molar-refractivity contribution in [2.75, 3.05) is 31.6 Å². The van der Waals surface area contributed by atoms with Crippen LogP contribution in [0.15, 0.2) is 48.5 Å². The van der Waals surface area contributed by atoms with Gasteiger partial charge in [-0.25, -0.2) is 0 Å². The van der Waals surface area contributed by atoms with Crippen LogP contribution in [0.25, 0.3) is 0 Å². The maximum atomic E-state index is 5.47. The topological polar surface area (TPSA) is 15.7 Å². The minimum atomic E-state index is 0.671. The molecule has 26 heavy (non-hydrogen) atoms. The zero-order valence-electron chi connectivity index (χ0n) is 15.6. The molecule has 3 fully saturated rings. The summed E-state index contributed by atoms with van der Waals surface area (Å²) in [6.45, 7) is 3.62. The molecule has 0 aromatic heterocycles. The molecule has 3 heterocycles. The maximum absolute atomic E-state index is 5.47. The first-order valence-electron chi connectivity index (χ1n) is 10.0. The number of nitrogens with zero attached hydrogens (tertiary/aromatic N) is 2. The minimum absolute atomic E-state index is 0.671. The fourth-order valence-corrected chi connectivity index (χ4v) is 5.34. The number of anilines is 1. The van der Waals surface area contributed by atoms with E-state index in [2.05, 4.69) is 58.3 Å². The van der Waals surface area contributed by atoms with Crippen LogP contribution in [0.1, 0.15) is 36.3 Å². The monoisotopic (exact) mass is 348 g/mol. The van der Waals surface area contributed by atoms with Crippen molar-refractivity contribution in [2.24, 2.45) is 0 Å². The van der Waals surface area contributed by atoms with Crippen LogP contribution in [0.2, 0.25) is 0 Å². The van der Waals surface area contributed by atoms with Crippen LogP contribution in [0.4, 0.5) is 5.69 Å². The summed E-state index contributed by atoms with van der Waals surface area (Å²) in [7, 11) is 1.77. The summed E-state index contributed by atoms with van der Waals surface area (Å²) in [4.78, 5) is 5.43. The molecule has 2 aromatic carbocycles. The fraction of sp³-hybridized carbons (Fsp3) is 0.478. The molecular weight excluding hydrogens is 320 g/mol. The van der Waals surface area contributed by atoms with Gasteiger partial charge >= 0.3 is 0 Å². The SMILES string of the molecule is COc1ccc2c(c1)[C@@H](CN1C[C@@H]3CCC1CN3c1ccccc1)CC2. The molecule has 0 N–H and O–H groups in total. The number of para-hydroxylation sites is 1. The molecule has 0 spiro atoms. The lowest BCUT2D eigenvalue weighted by molar-refractivity contribution is 0.0894. The predicted octanol–water partition coefficient (Wildman–Crippen LogP) is 4.08. The Hall–Kier alpha value is -2.00. The van der Waals surface area contributed by atoms with Crippen molar-refractivity contribution >= 4 is 5.69 Å². The molecule has 0 amide bonds. The average Bonchev–Trinajstić information content (AvgIpc) is 3.11. The number of hydrogen-bond acceptors (Lipinski definition) is 3. The first-order valence-corrected chi connectivity index (χ1v) is 10.0. The highest BCUT2D eigenvalue weighted by Gasteiger charge is 2.40. The normalized spacial score (nSPS) is 27.6. The number of piperidine rings is 2. The Kier molecular flexibility index (Phi) is 4.12. The molecule has 1 aliphatic carbocycles. The summed E-state index contributed by atoms with van der Waals surface area (Å²) in [5.41, 5.74) is 4.47. The van der Waals surface area contributed by atoms with Crippen LogP contribution in [-0.4, -0.2) is 43.7 Å². The lowest BCUT2D eigenvalue weighted by Crippen LogP contribution is -2.63. The Morgan fingerprint density at radius 3 is 2.58 bits per heavy atom. The van der Waals surface area contributed by atoms with Gasteiger partial charge in [-0.2, -0.15) is 0 Å². The van der Waals surface area contributed by atoms with Crippen molar-refractivity contribution in [2.45, 2.75) is 43.7 Å². The second-order valence-electron chi connectivity index (χ2n) is 8.13. The van der Waals surface area contributed by atoms with Gasteiger partial charge in [0.1, 0.15) is 5.75 Å². The summed E-state index contributed by atoms with van der Waals surface area (Å²) < 4.78 is 5.47. The first kappa shape index (κ1) is 16.2. The molecule has 6 rings (SSSR count). The molecule has 0 saturated carbocycles. The van der Waals surface area contributed by atoms with Gasteiger partial charge in [-0.1, -0.05) is 24.3 Å². The summed E-state index contributed by atoms with van der Waals surface area (Å²) in [5.74, 6) is 1.68. The standard InChI is InChI=1S/C23H28N2O/c1-26-22-12-9-17-7-8-18(23(17)13-22)14-24-15-21-11-10-20(24)16-25(21)19-5-3-2-4-6-19/h2-6,9,12-13,18,20-21H,7-8,10-11,14-16H2,1H3/t18-,20?,21+/m1/s1. The van der Waals surface area contributed by atoms with Gasteiger partial charge in [0.2, 0.25) is 0 Å². The summed E-state index contributed by atoms with van der Waals surface area (Å²) in [6.07, 6.45) is 5.21. The molecule has 2 aromatic rings. The Balaban J connectivity index is 1.31. The molecule has 2 bridgehead atoms. The number of ether oxygens (including phenoxy) is 1. The van der Waals surface area contributed by atoms with Crippen molar-refractivity contribution in [3.05, 3.63) is 59.7 Å². The van der Waals surface area contributed by atoms with Crippen LogP contribution in [0.3, 0.4) is 0 Å². The van der Waals surface area contributed by atoms with E-state index in [0.29, 0.717) is 18.0 Å². The molecule has 3 nitrogen and oxygen atoms in total. The van der Waals surface area contributed by atoms with Gasteiger partial charge in [-0.05, 0) is 67.0 Å². The number of benzene rings is 2. The van der Waals surface area contributed by atoms with Crippen LogP contribution in [0, 0.1) is 0 Å². The Labute approximate surface area is 156 Å². The minimum Gasteiger partial charge on any atom is -0.497 e. The van der Waals surface area contributed by atoms with Gasteiger partial charge in [-0.3, -0.25) is 4.90 Å². The highest BCUT2D eigenvalue weighted by Crippen LogP contribution is 2.39. The molecule has 1 unspecified atom stereocenters. The second kappa shape index (κ2) is 6.62. The van der Waals surface area contributed by atoms with Gasteiger partial charge in [-0.15, -0.1) is 0 Å². The van der Waals surface area contributed by atoms with E-state index < -0.39 is 0 Å². The Morgan fingerprint density at radius 2 is 1.81 bits per heavy atom. The number of fused-ring (bicyclic) bond motifs is 4. The van der Waals surface area contributed by atoms with E-state index in [4.69, 9.17) is 4.74 Å². The van der Waals surface area contributed by atoms with Gasteiger partial charge < -0.3 is 9.64 Å².